The maximum atomic E-state index is 3.87. The first kappa shape index (κ1) is 11.9. The Bertz CT molecular complexity index is 256. The molecule has 0 amide bonds. The van der Waals surface area contributed by atoms with Crippen LogP contribution in [0.25, 0.3) is 0 Å². The Morgan fingerprint density at radius 2 is 2.00 bits per heavy atom. The molecule has 3 unspecified atom stereocenters. The van der Waals surface area contributed by atoms with Crippen molar-refractivity contribution in [2.45, 2.75) is 44.2 Å². The molecule has 0 aromatic rings. The third-order valence-electron chi connectivity index (χ3n) is 5.01. The summed E-state index contributed by atoms with van der Waals surface area (Å²) in [5.41, 5.74) is 0. The molecule has 0 aliphatic carbocycles. The molecule has 3 rings (SSSR count). The number of rotatable bonds is 3. The SMILES string of the molecule is CN1CCC(CNC2CCN3CCCCC23)C1. The summed E-state index contributed by atoms with van der Waals surface area (Å²) >= 11 is 0. The van der Waals surface area contributed by atoms with E-state index in [-0.39, 0.29) is 0 Å². The normalized spacial score (nSPS) is 39.7. The quantitative estimate of drug-likeness (QED) is 0.794. The number of likely N-dealkylation sites (tertiary alicyclic amines) is 1. The molecule has 0 bridgehead atoms. The molecular formula is C14H27N3. The number of hydrogen-bond donors (Lipinski definition) is 1. The molecule has 0 aromatic carbocycles. The Kier molecular flexibility index (Phi) is 3.69. The van der Waals surface area contributed by atoms with Gasteiger partial charge in [-0.2, -0.15) is 0 Å². The van der Waals surface area contributed by atoms with E-state index >= 15 is 0 Å². The summed E-state index contributed by atoms with van der Waals surface area (Å²) in [7, 11) is 2.25. The molecule has 98 valence electrons. The van der Waals surface area contributed by atoms with Crippen molar-refractivity contribution in [2.75, 3.05) is 39.8 Å². The largest absolute Gasteiger partial charge is 0.312 e. The van der Waals surface area contributed by atoms with Crippen molar-refractivity contribution in [3.8, 4) is 0 Å². The van der Waals surface area contributed by atoms with E-state index in [1.807, 2.05) is 0 Å². The molecule has 3 fully saturated rings. The molecule has 0 spiro atoms. The molecule has 3 nitrogen and oxygen atoms in total. The lowest BCUT2D eigenvalue weighted by Gasteiger charge is -2.33. The van der Waals surface area contributed by atoms with Crippen LogP contribution in [-0.2, 0) is 0 Å². The van der Waals surface area contributed by atoms with E-state index in [4.69, 9.17) is 0 Å². The van der Waals surface area contributed by atoms with Crippen molar-refractivity contribution in [1.29, 1.82) is 0 Å². The van der Waals surface area contributed by atoms with Crippen molar-refractivity contribution in [3.63, 3.8) is 0 Å². The molecule has 3 aliphatic rings. The third kappa shape index (κ3) is 2.67. The van der Waals surface area contributed by atoms with E-state index in [0.29, 0.717) is 0 Å². The van der Waals surface area contributed by atoms with Gasteiger partial charge in [0.05, 0.1) is 0 Å². The van der Waals surface area contributed by atoms with Gasteiger partial charge in [0.25, 0.3) is 0 Å². The van der Waals surface area contributed by atoms with Crippen LogP contribution in [0.15, 0.2) is 0 Å². The van der Waals surface area contributed by atoms with Gasteiger partial charge in [0, 0.05) is 25.2 Å². The summed E-state index contributed by atoms with van der Waals surface area (Å²) in [6.45, 7) is 6.54. The molecule has 17 heavy (non-hydrogen) atoms. The molecular weight excluding hydrogens is 210 g/mol. The highest BCUT2D eigenvalue weighted by Crippen LogP contribution is 2.27. The molecule has 1 N–H and O–H groups in total. The van der Waals surface area contributed by atoms with Crippen molar-refractivity contribution >= 4 is 0 Å². The Morgan fingerprint density at radius 1 is 1.06 bits per heavy atom. The van der Waals surface area contributed by atoms with Crippen LogP contribution in [0.2, 0.25) is 0 Å². The average molecular weight is 237 g/mol. The standard InChI is InChI=1S/C14H27N3/c1-16-8-5-12(11-16)10-15-13-6-9-17-7-3-2-4-14(13)17/h12-15H,2-11H2,1H3. The first-order valence-electron chi connectivity index (χ1n) is 7.49. The highest BCUT2D eigenvalue weighted by molar-refractivity contribution is 4.94. The van der Waals surface area contributed by atoms with E-state index in [2.05, 4.69) is 22.2 Å². The molecule has 3 heteroatoms. The second kappa shape index (κ2) is 5.25. The Labute approximate surface area is 106 Å². The van der Waals surface area contributed by atoms with Crippen LogP contribution in [-0.4, -0.2) is 61.7 Å². The number of fused-ring (bicyclic) bond motifs is 1. The van der Waals surface area contributed by atoms with Gasteiger partial charge in [-0.05, 0) is 58.3 Å². The minimum absolute atomic E-state index is 0.793. The average Bonchev–Trinajstić information content (AvgIpc) is 2.93. The lowest BCUT2D eigenvalue weighted by atomic mass is 9.98. The summed E-state index contributed by atoms with van der Waals surface area (Å²) < 4.78 is 0. The van der Waals surface area contributed by atoms with Crippen LogP contribution < -0.4 is 5.32 Å². The van der Waals surface area contributed by atoms with Gasteiger partial charge in [0.1, 0.15) is 0 Å². The van der Waals surface area contributed by atoms with Crippen molar-refractivity contribution in [3.05, 3.63) is 0 Å². The first-order valence-corrected chi connectivity index (χ1v) is 7.49. The van der Waals surface area contributed by atoms with Gasteiger partial charge >= 0.3 is 0 Å². The topological polar surface area (TPSA) is 18.5 Å². The second-order valence-electron chi connectivity index (χ2n) is 6.32. The van der Waals surface area contributed by atoms with E-state index in [9.17, 15) is 0 Å². The zero-order valence-electron chi connectivity index (χ0n) is 11.2. The molecule has 3 heterocycles. The molecule has 3 saturated heterocycles. The summed E-state index contributed by atoms with van der Waals surface area (Å²) in [4.78, 5) is 5.19. The molecule has 3 aliphatic heterocycles. The zero-order chi connectivity index (χ0) is 11.7. The van der Waals surface area contributed by atoms with Crippen molar-refractivity contribution < 1.29 is 0 Å². The number of hydrogen-bond acceptors (Lipinski definition) is 3. The highest BCUT2D eigenvalue weighted by Gasteiger charge is 2.35. The zero-order valence-corrected chi connectivity index (χ0v) is 11.2. The monoisotopic (exact) mass is 237 g/mol. The van der Waals surface area contributed by atoms with E-state index < -0.39 is 0 Å². The maximum Gasteiger partial charge on any atom is 0.0249 e. The lowest BCUT2D eigenvalue weighted by molar-refractivity contribution is 0.179. The summed E-state index contributed by atoms with van der Waals surface area (Å²) in [6.07, 6.45) is 7.09. The van der Waals surface area contributed by atoms with Crippen LogP contribution in [0.1, 0.15) is 32.1 Å². The van der Waals surface area contributed by atoms with Gasteiger partial charge in [-0.1, -0.05) is 6.42 Å². The fourth-order valence-corrected chi connectivity index (χ4v) is 4.00. The van der Waals surface area contributed by atoms with Crippen LogP contribution >= 0.6 is 0 Å². The maximum absolute atomic E-state index is 3.87. The predicted octanol–water partition coefficient (Wildman–Crippen LogP) is 1.15. The first-order chi connectivity index (χ1) is 8.33. The van der Waals surface area contributed by atoms with Crippen LogP contribution in [0.5, 0.6) is 0 Å². The molecule has 0 radical (unpaired) electrons. The number of nitrogens with one attached hydrogen (secondary N) is 1. The summed E-state index contributed by atoms with van der Waals surface area (Å²) in [6, 6.07) is 1.66. The van der Waals surface area contributed by atoms with E-state index in [1.54, 1.807) is 0 Å². The van der Waals surface area contributed by atoms with Crippen LogP contribution in [0, 0.1) is 5.92 Å². The van der Waals surface area contributed by atoms with Crippen molar-refractivity contribution in [2.24, 2.45) is 5.92 Å². The summed E-state index contributed by atoms with van der Waals surface area (Å²) in [5.74, 6) is 0.901. The minimum atomic E-state index is 0.793. The minimum Gasteiger partial charge on any atom is -0.312 e. The lowest BCUT2D eigenvalue weighted by Crippen LogP contribution is -2.46. The molecule has 0 saturated carbocycles. The van der Waals surface area contributed by atoms with Crippen LogP contribution in [0.4, 0.5) is 0 Å². The predicted molar refractivity (Wildman–Crippen MR) is 71.2 cm³/mol. The summed E-state index contributed by atoms with van der Waals surface area (Å²) in [5, 5.41) is 3.87. The van der Waals surface area contributed by atoms with Gasteiger partial charge in [-0.3, -0.25) is 4.90 Å². The number of nitrogens with zero attached hydrogens (tertiary/aromatic N) is 2. The van der Waals surface area contributed by atoms with Crippen molar-refractivity contribution in [1.82, 2.24) is 15.1 Å². The molecule has 3 atom stereocenters. The third-order valence-corrected chi connectivity index (χ3v) is 5.01. The van der Waals surface area contributed by atoms with Gasteiger partial charge < -0.3 is 10.2 Å². The Hall–Kier alpha value is -0.120. The van der Waals surface area contributed by atoms with Gasteiger partial charge in [-0.15, -0.1) is 0 Å². The Morgan fingerprint density at radius 3 is 2.82 bits per heavy atom. The van der Waals surface area contributed by atoms with E-state index in [1.165, 1.54) is 64.8 Å². The van der Waals surface area contributed by atoms with Gasteiger partial charge in [-0.25, -0.2) is 0 Å². The second-order valence-corrected chi connectivity index (χ2v) is 6.32. The highest BCUT2D eigenvalue weighted by atomic mass is 15.2. The van der Waals surface area contributed by atoms with E-state index in [0.717, 1.165) is 18.0 Å². The Balaban J connectivity index is 1.45. The fourth-order valence-electron chi connectivity index (χ4n) is 4.00. The number of piperidine rings is 1. The van der Waals surface area contributed by atoms with Gasteiger partial charge in [0.15, 0.2) is 0 Å². The smallest absolute Gasteiger partial charge is 0.0249 e. The van der Waals surface area contributed by atoms with Crippen LogP contribution in [0.3, 0.4) is 0 Å². The molecule has 0 aromatic heterocycles. The fraction of sp³-hybridized carbons (Fsp3) is 1.00. The van der Waals surface area contributed by atoms with Gasteiger partial charge in [0.2, 0.25) is 0 Å².